The standard InChI is InChI=1S/C23H32O2.H2O/c1-5-9-23(25)12-8-19-17-13-15(2)20-14-16(24)6-10-21(20,3)18(17)7-11-22(19,23)4;/h14-15,17-19,25H,6-8,10-13H2,1-4H3;1H2/t15-,17+,18+,19-,21+,22-,23-;/m0./s1. The molecule has 0 heterocycles. The Hall–Kier alpha value is -1.11. The second kappa shape index (κ2) is 6.21. The molecule has 0 amide bonds. The Labute approximate surface area is 157 Å². The van der Waals surface area contributed by atoms with Crippen LogP contribution < -0.4 is 0 Å². The summed E-state index contributed by atoms with van der Waals surface area (Å²) in [6.45, 7) is 8.89. The summed E-state index contributed by atoms with van der Waals surface area (Å²) in [4.78, 5) is 12.0. The van der Waals surface area contributed by atoms with Gasteiger partial charge in [-0.1, -0.05) is 32.3 Å². The molecule has 4 aliphatic carbocycles. The predicted octanol–water partition coefficient (Wildman–Crippen LogP) is 3.69. The monoisotopic (exact) mass is 358 g/mol. The molecule has 3 heteroatoms. The van der Waals surface area contributed by atoms with Gasteiger partial charge in [0.25, 0.3) is 0 Å². The molecule has 3 N–H and O–H groups in total. The highest BCUT2D eigenvalue weighted by Crippen LogP contribution is 2.68. The average Bonchev–Trinajstić information content (AvgIpc) is 2.82. The third-order valence-electron chi connectivity index (χ3n) is 8.76. The zero-order chi connectivity index (χ0) is 18.0. The van der Waals surface area contributed by atoms with Crippen LogP contribution in [-0.2, 0) is 4.79 Å². The van der Waals surface area contributed by atoms with Gasteiger partial charge in [-0.05, 0) is 80.6 Å². The predicted molar refractivity (Wildman–Crippen MR) is 103 cm³/mol. The molecular weight excluding hydrogens is 324 g/mol. The molecule has 144 valence electrons. The van der Waals surface area contributed by atoms with E-state index in [9.17, 15) is 9.90 Å². The molecule has 7 atom stereocenters. The summed E-state index contributed by atoms with van der Waals surface area (Å²) in [5, 5.41) is 11.3. The Morgan fingerprint density at radius 2 is 1.85 bits per heavy atom. The fourth-order valence-corrected chi connectivity index (χ4v) is 7.41. The van der Waals surface area contributed by atoms with Gasteiger partial charge in [-0.25, -0.2) is 0 Å². The third kappa shape index (κ3) is 2.38. The second-order valence-corrected chi connectivity index (χ2v) is 9.73. The fraction of sp³-hybridized carbons (Fsp3) is 0.783. The van der Waals surface area contributed by atoms with Gasteiger partial charge in [-0.3, -0.25) is 4.79 Å². The van der Waals surface area contributed by atoms with Crippen molar-refractivity contribution >= 4 is 5.78 Å². The highest BCUT2D eigenvalue weighted by atomic mass is 16.3. The van der Waals surface area contributed by atoms with E-state index >= 15 is 0 Å². The van der Waals surface area contributed by atoms with Crippen LogP contribution in [0.1, 0.15) is 72.6 Å². The average molecular weight is 359 g/mol. The summed E-state index contributed by atoms with van der Waals surface area (Å²) in [6.07, 6.45) is 9.05. The van der Waals surface area contributed by atoms with Crippen molar-refractivity contribution in [2.24, 2.45) is 34.5 Å². The van der Waals surface area contributed by atoms with Gasteiger partial charge in [-0.2, -0.15) is 0 Å². The van der Waals surface area contributed by atoms with E-state index in [2.05, 4.69) is 32.6 Å². The number of aliphatic hydroxyl groups is 1. The topological polar surface area (TPSA) is 68.8 Å². The van der Waals surface area contributed by atoms with Gasteiger partial charge in [0.15, 0.2) is 5.78 Å². The molecule has 3 nitrogen and oxygen atoms in total. The number of rotatable bonds is 0. The van der Waals surface area contributed by atoms with E-state index in [1.165, 1.54) is 18.4 Å². The quantitative estimate of drug-likeness (QED) is 0.671. The number of ketones is 1. The normalized spacial score (nSPS) is 49.6. The van der Waals surface area contributed by atoms with Gasteiger partial charge in [0, 0.05) is 11.8 Å². The minimum absolute atomic E-state index is 0. The lowest BCUT2D eigenvalue weighted by Gasteiger charge is -2.60. The first kappa shape index (κ1) is 19.6. The van der Waals surface area contributed by atoms with Crippen LogP contribution in [0.25, 0.3) is 0 Å². The van der Waals surface area contributed by atoms with Gasteiger partial charge >= 0.3 is 0 Å². The van der Waals surface area contributed by atoms with Gasteiger partial charge in [0.1, 0.15) is 5.60 Å². The Morgan fingerprint density at radius 1 is 1.15 bits per heavy atom. The van der Waals surface area contributed by atoms with Crippen LogP contribution in [0, 0.1) is 46.3 Å². The van der Waals surface area contributed by atoms with Crippen LogP contribution >= 0.6 is 0 Å². The van der Waals surface area contributed by atoms with Crippen LogP contribution in [0.4, 0.5) is 0 Å². The van der Waals surface area contributed by atoms with Crippen LogP contribution in [0.5, 0.6) is 0 Å². The number of hydrogen-bond acceptors (Lipinski definition) is 2. The molecule has 26 heavy (non-hydrogen) atoms. The number of fused-ring (bicyclic) bond motifs is 5. The molecule has 0 aromatic heterocycles. The first-order valence-corrected chi connectivity index (χ1v) is 10.2. The summed E-state index contributed by atoms with van der Waals surface area (Å²) in [5.74, 6) is 8.90. The zero-order valence-corrected chi connectivity index (χ0v) is 16.7. The lowest BCUT2D eigenvalue weighted by molar-refractivity contribution is -0.121. The summed E-state index contributed by atoms with van der Waals surface area (Å²) in [6, 6.07) is 0. The minimum Gasteiger partial charge on any atom is -0.412 e. The van der Waals surface area contributed by atoms with E-state index < -0.39 is 5.60 Å². The van der Waals surface area contributed by atoms with E-state index in [0.717, 1.165) is 25.7 Å². The molecule has 0 unspecified atom stereocenters. The number of hydrogen-bond donors (Lipinski definition) is 1. The van der Waals surface area contributed by atoms with Crippen LogP contribution in [0.3, 0.4) is 0 Å². The molecule has 4 rings (SSSR count). The van der Waals surface area contributed by atoms with Crippen molar-refractivity contribution < 1.29 is 15.4 Å². The molecule has 0 radical (unpaired) electrons. The molecular formula is C23H34O3. The summed E-state index contributed by atoms with van der Waals surface area (Å²) in [5.41, 5.74) is 0.739. The third-order valence-corrected chi connectivity index (χ3v) is 8.76. The van der Waals surface area contributed by atoms with Crippen LogP contribution in [0.15, 0.2) is 11.6 Å². The molecule has 4 aliphatic rings. The number of carbonyl (C=O) groups excluding carboxylic acids is 1. The van der Waals surface area contributed by atoms with Crippen molar-refractivity contribution in [2.45, 2.75) is 78.2 Å². The maximum atomic E-state index is 12.0. The second-order valence-electron chi connectivity index (χ2n) is 9.73. The Balaban J connectivity index is 0.00000196. The van der Waals surface area contributed by atoms with Crippen molar-refractivity contribution in [2.75, 3.05) is 0 Å². The Bertz CT molecular complexity index is 698. The molecule has 3 saturated carbocycles. The SMILES string of the molecule is CC#C[C@]1(O)CC[C@H]2[C@@H]3C[C@H](C)C4=CC(=O)CC[C@]4(C)[C@@H]3CC[C@@]21C.O. The van der Waals surface area contributed by atoms with Crippen molar-refractivity contribution in [3.05, 3.63) is 11.6 Å². The minimum atomic E-state index is -0.805. The fourth-order valence-electron chi connectivity index (χ4n) is 7.41. The largest absolute Gasteiger partial charge is 0.412 e. The molecule has 0 aliphatic heterocycles. The first-order chi connectivity index (χ1) is 11.7. The summed E-state index contributed by atoms with van der Waals surface area (Å²) < 4.78 is 0. The lowest BCUT2D eigenvalue weighted by Crippen LogP contribution is -2.55. The van der Waals surface area contributed by atoms with E-state index in [4.69, 9.17) is 0 Å². The Kier molecular flexibility index (Phi) is 4.69. The molecule has 3 fully saturated rings. The molecule has 0 aromatic rings. The maximum Gasteiger partial charge on any atom is 0.155 e. The summed E-state index contributed by atoms with van der Waals surface area (Å²) >= 11 is 0. The number of allylic oxidation sites excluding steroid dienone is 1. The van der Waals surface area contributed by atoms with Crippen LogP contribution in [0.2, 0.25) is 0 Å². The molecule has 0 spiro atoms. The smallest absolute Gasteiger partial charge is 0.155 e. The van der Waals surface area contributed by atoms with E-state index in [1.54, 1.807) is 0 Å². The van der Waals surface area contributed by atoms with Gasteiger partial charge in [0.2, 0.25) is 0 Å². The van der Waals surface area contributed by atoms with E-state index in [0.29, 0.717) is 35.9 Å². The highest BCUT2D eigenvalue weighted by molar-refractivity contribution is 5.91. The highest BCUT2D eigenvalue weighted by Gasteiger charge is 2.64. The summed E-state index contributed by atoms with van der Waals surface area (Å²) in [7, 11) is 0. The van der Waals surface area contributed by atoms with Crippen molar-refractivity contribution in [1.82, 2.24) is 0 Å². The first-order valence-electron chi connectivity index (χ1n) is 10.2. The van der Waals surface area contributed by atoms with Crippen molar-refractivity contribution in [3.63, 3.8) is 0 Å². The van der Waals surface area contributed by atoms with Gasteiger partial charge < -0.3 is 10.6 Å². The van der Waals surface area contributed by atoms with Gasteiger partial charge in [0.05, 0.1) is 0 Å². The maximum absolute atomic E-state index is 12.0. The van der Waals surface area contributed by atoms with Crippen LogP contribution in [-0.4, -0.2) is 22.0 Å². The Morgan fingerprint density at radius 3 is 2.54 bits per heavy atom. The molecule has 0 saturated heterocycles. The van der Waals surface area contributed by atoms with Gasteiger partial charge in [-0.15, -0.1) is 5.92 Å². The molecule has 0 aromatic carbocycles. The van der Waals surface area contributed by atoms with Crippen molar-refractivity contribution in [1.29, 1.82) is 0 Å². The van der Waals surface area contributed by atoms with E-state index in [-0.39, 0.29) is 16.3 Å². The number of carbonyl (C=O) groups is 1. The zero-order valence-electron chi connectivity index (χ0n) is 16.7. The molecule has 0 bridgehead atoms. The lowest BCUT2D eigenvalue weighted by atomic mass is 9.45. The van der Waals surface area contributed by atoms with Crippen molar-refractivity contribution in [3.8, 4) is 11.8 Å². The van der Waals surface area contributed by atoms with E-state index in [1.807, 2.05) is 13.0 Å².